The van der Waals surface area contributed by atoms with Gasteiger partial charge in [0.1, 0.15) is 12.1 Å². The minimum atomic E-state index is -0.275. The lowest BCUT2D eigenvalue weighted by molar-refractivity contribution is 0.331. The maximum absolute atomic E-state index is 13.1. The fourth-order valence-corrected chi connectivity index (χ4v) is 3.92. The lowest BCUT2D eigenvalue weighted by Gasteiger charge is -2.14. The molecular formula is C26H32FN5O. The Morgan fingerprint density at radius 2 is 1.76 bits per heavy atom. The molecule has 0 unspecified atom stereocenters. The average Bonchev–Trinajstić information content (AvgIpc) is 3.51. The number of likely N-dealkylation sites (tertiary alicyclic amines) is 1. The zero-order valence-corrected chi connectivity index (χ0v) is 19.2. The summed E-state index contributed by atoms with van der Waals surface area (Å²) in [7, 11) is 0. The Morgan fingerprint density at radius 1 is 1.03 bits per heavy atom. The van der Waals surface area contributed by atoms with Crippen molar-refractivity contribution in [3.63, 3.8) is 0 Å². The normalized spacial score (nSPS) is 14.5. The van der Waals surface area contributed by atoms with Crippen LogP contribution >= 0.6 is 0 Å². The summed E-state index contributed by atoms with van der Waals surface area (Å²) in [6.45, 7) is 7.61. The van der Waals surface area contributed by atoms with E-state index in [1.165, 1.54) is 49.2 Å². The van der Waals surface area contributed by atoms with Crippen LogP contribution < -0.4 is 10.6 Å². The van der Waals surface area contributed by atoms with Gasteiger partial charge in [0.2, 0.25) is 5.89 Å². The van der Waals surface area contributed by atoms with Gasteiger partial charge in [-0.05, 0) is 68.2 Å². The second kappa shape index (κ2) is 11.6. The molecule has 33 heavy (non-hydrogen) atoms. The number of benzene rings is 2. The third kappa shape index (κ3) is 6.89. The highest BCUT2D eigenvalue weighted by atomic mass is 19.1. The minimum Gasteiger partial charge on any atom is -0.444 e. The number of guanidine groups is 1. The van der Waals surface area contributed by atoms with Crippen LogP contribution in [0.5, 0.6) is 0 Å². The molecule has 1 aromatic heterocycles. The molecule has 4 rings (SSSR count). The number of nitrogens with zero attached hydrogens (tertiary/aromatic N) is 3. The van der Waals surface area contributed by atoms with E-state index in [4.69, 9.17) is 9.41 Å². The Bertz CT molecular complexity index is 1020. The summed E-state index contributed by atoms with van der Waals surface area (Å²) in [5.74, 6) is 1.00. The van der Waals surface area contributed by atoms with Crippen molar-refractivity contribution in [3.8, 4) is 11.5 Å². The molecule has 1 fully saturated rings. The molecule has 0 bridgehead atoms. The van der Waals surface area contributed by atoms with Crippen LogP contribution in [0.2, 0.25) is 0 Å². The van der Waals surface area contributed by atoms with Gasteiger partial charge in [0.25, 0.3) is 0 Å². The van der Waals surface area contributed by atoms with Gasteiger partial charge >= 0.3 is 0 Å². The molecule has 1 saturated heterocycles. The molecule has 3 aromatic rings. The Balaban J connectivity index is 1.26. The summed E-state index contributed by atoms with van der Waals surface area (Å²) < 4.78 is 18.6. The first-order valence-electron chi connectivity index (χ1n) is 11.7. The number of rotatable bonds is 9. The molecule has 2 heterocycles. The molecule has 1 aliphatic heterocycles. The molecule has 0 atom stereocenters. The zero-order chi connectivity index (χ0) is 22.9. The van der Waals surface area contributed by atoms with Crippen LogP contribution in [0.25, 0.3) is 11.5 Å². The van der Waals surface area contributed by atoms with Crippen molar-refractivity contribution in [1.82, 2.24) is 20.5 Å². The van der Waals surface area contributed by atoms with Crippen molar-refractivity contribution in [2.75, 3.05) is 26.2 Å². The maximum atomic E-state index is 13.1. The predicted molar refractivity (Wildman–Crippen MR) is 129 cm³/mol. The Morgan fingerprint density at radius 3 is 2.48 bits per heavy atom. The highest BCUT2D eigenvalue weighted by molar-refractivity contribution is 5.79. The van der Waals surface area contributed by atoms with E-state index in [-0.39, 0.29) is 5.82 Å². The van der Waals surface area contributed by atoms with E-state index in [9.17, 15) is 4.39 Å². The molecule has 6 nitrogen and oxygen atoms in total. The number of oxazole rings is 1. The molecule has 2 N–H and O–H groups in total. The summed E-state index contributed by atoms with van der Waals surface area (Å²) >= 11 is 0. The number of aromatic nitrogens is 1. The quantitative estimate of drug-likeness (QED) is 0.375. The van der Waals surface area contributed by atoms with Crippen LogP contribution in [-0.4, -0.2) is 42.0 Å². The van der Waals surface area contributed by atoms with Crippen molar-refractivity contribution in [2.24, 2.45) is 4.99 Å². The molecule has 0 spiro atoms. The smallest absolute Gasteiger partial charge is 0.226 e. The third-order valence-electron chi connectivity index (χ3n) is 5.71. The summed E-state index contributed by atoms with van der Waals surface area (Å²) in [5, 5.41) is 6.64. The van der Waals surface area contributed by atoms with Crippen LogP contribution in [0, 0.1) is 5.82 Å². The molecule has 7 heteroatoms. The largest absolute Gasteiger partial charge is 0.444 e. The van der Waals surface area contributed by atoms with Gasteiger partial charge < -0.3 is 15.1 Å². The second-order valence-corrected chi connectivity index (χ2v) is 8.32. The standard InChI is InChI=1S/C26H32FN5O/c1-2-28-26(30-17-20-5-7-21(8-6-20)18-32-15-3-4-16-32)29-14-13-24-19-33-25(31-24)22-9-11-23(27)12-10-22/h5-12,19H,2-4,13-18H2,1H3,(H2,28,29,30). The predicted octanol–water partition coefficient (Wildman–Crippen LogP) is 4.37. The highest BCUT2D eigenvalue weighted by Crippen LogP contribution is 2.19. The van der Waals surface area contributed by atoms with Crippen molar-refractivity contribution in [1.29, 1.82) is 0 Å². The van der Waals surface area contributed by atoms with Crippen molar-refractivity contribution < 1.29 is 8.81 Å². The number of hydrogen-bond donors (Lipinski definition) is 2. The molecule has 0 saturated carbocycles. The van der Waals surface area contributed by atoms with Gasteiger partial charge in [0.05, 0.1) is 12.2 Å². The lowest BCUT2D eigenvalue weighted by atomic mass is 10.1. The molecule has 1 aliphatic rings. The van der Waals surface area contributed by atoms with Crippen LogP contribution in [0.4, 0.5) is 4.39 Å². The summed E-state index contributed by atoms with van der Waals surface area (Å²) in [6, 6.07) is 14.9. The maximum Gasteiger partial charge on any atom is 0.226 e. The van der Waals surface area contributed by atoms with Gasteiger partial charge in [-0.25, -0.2) is 14.4 Å². The third-order valence-corrected chi connectivity index (χ3v) is 5.71. The van der Waals surface area contributed by atoms with E-state index >= 15 is 0 Å². The lowest BCUT2D eigenvalue weighted by Crippen LogP contribution is -2.38. The first-order chi connectivity index (χ1) is 16.2. The van der Waals surface area contributed by atoms with Crippen molar-refractivity contribution >= 4 is 5.96 Å². The van der Waals surface area contributed by atoms with E-state index in [1.807, 2.05) is 0 Å². The molecule has 2 aromatic carbocycles. The second-order valence-electron chi connectivity index (χ2n) is 8.32. The first-order valence-corrected chi connectivity index (χ1v) is 11.7. The molecular weight excluding hydrogens is 417 g/mol. The van der Waals surface area contributed by atoms with Gasteiger partial charge in [0, 0.05) is 31.6 Å². The zero-order valence-electron chi connectivity index (χ0n) is 19.2. The molecule has 174 valence electrons. The first kappa shape index (κ1) is 23.0. The van der Waals surface area contributed by atoms with Crippen LogP contribution in [-0.2, 0) is 19.5 Å². The number of halogens is 1. The van der Waals surface area contributed by atoms with E-state index in [0.717, 1.165) is 30.3 Å². The van der Waals surface area contributed by atoms with Crippen LogP contribution in [0.1, 0.15) is 36.6 Å². The van der Waals surface area contributed by atoms with Gasteiger partial charge in [-0.15, -0.1) is 0 Å². The number of aliphatic imine (C=N–C) groups is 1. The summed E-state index contributed by atoms with van der Waals surface area (Å²) in [5.41, 5.74) is 4.16. The average molecular weight is 450 g/mol. The summed E-state index contributed by atoms with van der Waals surface area (Å²) in [6.07, 6.45) is 4.98. The molecule has 0 amide bonds. The van der Waals surface area contributed by atoms with E-state index in [2.05, 4.69) is 51.7 Å². The van der Waals surface area contributed by atoms with Gasteiger partial charge in [-0.2, -0.15) is 0 Å². The highest BCUT2D eigenvalue weighted by Gasteiger charge is 2.11. The SMILES string of the molecule is CCNC(=NCc1ccc(CN2CCCC2)cc1)NCCc1coc(-c2ccc(F)cc2)n1. The van der Waals surface area contributed by atoms with Crippen molar-refractivity contribution in [3.05, 3.63) is 77.4 Å². The minimum absolute atomic E-state index is 0.275. The Hall–Kier alpha value is -3.19. The van der Waals surface area contributed by atoms with Gasteiger partial charge in [-0.1, -0.05) is 24.3 Å². The van der Waals surface area contributed by atoms with Gasteiger partial charge in [0.15, 0.2) is 5.96 Å². The molecule has 0 radical (unpaired) electrons. The van der Waals surface area contributed by atoms with Gasteiger partial charge in [-0.3, -0.25) is 4.90 Å². The monoisotopic (exact) mass is 449 g/mol. The fourth-order valence-electron chi connectivity index (χ4n) is 3.92. The number of hydrogen-bond acceptors (Lipinski definition) is 4. The summed E-state index contributed by atoms with van der Waals surface area (Å²) in [4.78, 5) is 11.7. The Labute approximate surface area is 194 Å². The van der Waals surface area contributed by atoms with Crippen LogP contribution in [0.15, 0.2) is 64.2 Å². The molecule has 0 aliphatic carbocycles. The topological polar surface area (TPSA) is 65.7 Å². The van der Waals surface area contributed by atoms with E-state index < -0.39 is 0 Å². The Kier molecular flexibility index (Phi) is 8.09. The van der Waals surface area contributed by atoms with Crippen molar-refractivity contribution in [2.45, 2.75) is 39.3 Å². The van der Waals surface area contributed by atoms with E-state index in [1.54, 1.807) is 18.4 Å². The van der Waals surface area contributed by atoms with E-state index in [0.29, 0.717) is 25.4 Å². The number of nitrogens with one attached hydrogen (secondary N) is 2. The van der Waals surface area contributed by atoms with Crippen LogP contribution in [0.3, 0.4) is 0 Å². The fraction of sp³-hybridized carbons (Fsp3) is 0.385.